The molecule has 3 heterocycles. The second kappa shape index (κ2) is 7.43. The third-order valence-corrected chi connectivity index (χ3v) is 5.34. The van der Waals surface area contributed by atoms with E-state index in [4.69, 9.17) is 4.98 Å². The van der Waals surface area contributed by atoms with E-state index in [9.17, 15) is 0 Å². The molecular formula is C22H27N5. The summed E-state index contributed by atoms with van der Waals surface area (Å²) < 4.78 is 0. The number of hydrogen-bond donors (Lipinski definition) is 1. The Morgan fingerprint density at radius 3 is 2.22 bits per heavy atom. The molecule has 27 heavy (non-hydrogen) atoms. The van der Waals surface area contributed by atoms with Crippen molar-refractivity contribution in [1.29, 1.82) is 0 Å². The van der Waals surface area contributed by atoms with E-state index in [0.29, 0.717) is 0 Å². The Morgan fingerprint density at radius 1 is 0.926 bits per heavy atom. The van der Waals surface area contributed by atoms with Crippen molar-refractivity contribution in [2.75, 3.05) is 36.0 Å². The first kappa shape index (κ1) is 17.6. The molecule has 5 nitrogen and oxygen atoms in total. The number of pyridine rings is 1. The molecule has 3 aromatic rings. The molecule has 1 fully saturated rings. The van der Waals surface area contributed by atoms with Crippen molar-refractivity contribution in [3.05, 3.63) is 59.5 Å². The quantitative estimate of drug-likeness (QED) is 0.764. The van der Waals surface area contributed by atoms with Crippen LogP contribution in [0.3, 0.4) is 0 Å². The molecule has 1 saturated heterocycles. The lowest BCUT2D eigenvalue weighted by Gasteiger charge is -2.36. The average molecular weight is 361 g/mol. The smallest absolute Gasteiger partial charge is 0.139 e. The van der Waals surface area contributed by atoms with E-state index in [0.717, 1.165) is 61.2 Å². The molecule has 0 saturated carbocycles. The van der Waals surface area contributed by atoms with Gasteiger partial charge in [0.25, 0.3) is 0 Å². The van der Waals surface area contributed by atoms with Gasteiger partial charge in [-0.05, 0) is 44.5 Å². The first-order chi connectivity index (χ1) is 13.1. The number of nitrogens with zero attached hydrogens (tertiary/aromatic N) is 4. The summed E-state index contributed by atoms with van der Waals surface area (Å²) in [6.07, 6.45) is 2.87. The number of H-pyrrole nitrogens is 1. The third kappa shape index (κ3) is 3.68. The van der Waals surface area contributed by atoms with Crippen LogP contribution in [0.5, 0.6) is 0 Å². The molecule has 0 aliphatic carbocycles. The summed E-state index contributed by atoms with van der Waals surface area (Å²) in [6.45, 7) is 10.3. The lowest BCUT2D eigenvalue weighted by atomic mass is 10.2. The van der Waals surface area contributed by atoms with Crippen LogP contribution >= 0.6 is 0 Å². The van der Waals surface area contributed by atoms with E-state index in [1.165, 1.54) is 11.3 Å². The minimum atomic E-state index is 0.910. The van der Waals surface area contributed by atoms with Crippen LogP contribution in [0.15, 0.2) is 42.6 Å². The predicted octanol–water partition coefficient (Wildman–Crippen LogP) is 3.98. The summed E-state index contributed by atoms with van der Waals surface area (Å²) in [5.74, 6) is 1.95. The summed E-state index contributed by atoms with van der Waals surface area (Å²) >= 11 is 0. The zero-order valence-electron chi connectivity index (χ0n) is 16.4. The first-order valence-corrected chi connectivity index (χ1v) is 9.72. The maximum atomic E-state index is 4.70. The van der Waals surface area contributed by atoms with Crippen molar-refractivity contribution in [3.63, 3.8) is 0 Å². The van der Waals surface area contributed by atoms with E-state index in [-0.39, 0.29) is 0 Å². The molecule has 2 aromatic heterocycles. The number of nitrogens with one attached hydrogen (secondary N) is 1. The molecule has 140 valence electrons. The van der Waals surface area contributed by atoms with Gasteiger partial charge in [0.15, 0.2) is 0 Å². The van der Waals surface area contributed by atoms with Crippen LogP contribution in [0.4, 0.5) is 11.5 Å². The van der Waals surface area contributed by atoms with Crippen LogP contribution in [-0.4, -0.2) is 41.1 Å². The molecule has 0 spiro atoms. The molecule has 1 aliphatic rings. The molecule has 1 aromatic carbocycles. The Labute approximate surface area is 161 Å². The van der Waals surface area contributed by atoms with E-state index in [1.807, 2.05) is 6.20 Å². The number of aromatic nitrogens is 3. The third-order valence-electron chi connectivity index (χ3n) is 5.34. The SMILES string of the molecule is CCc1nc(-c2ccc(N3CCN(c4ccc(C)cc4)CC3)nc2)[nH]c1C. The summed E-state index contributed by atoms with van der Waals surface area (Å²) in [5.41, 5.74) is 5.92. The minimum Gasteiger partial charge on any atom is -0.368 e. The maximum absolute atomic E-state index is 4.70. The Hall–Kier alpha value is -2.82. The number of hydrogen-bond acceptors (Lipinski definition) is 4. The van der Waals surface area contributed by atoms with Crippen molar-refractivity contribution in [1.82, 2.24) is 15.0 Å². The van der Waals surface area contributed by atoms with Gasteiger partial charge in [-0.25, -0.2) is 9.97 Å². The summed E-state index contributed by atoms with van der Waals surface area (Å²) in [7, 11) is 0. The Bertz CT molecular complexity index is 887. The zero-order valence-corrected chi connectivity index (χ0v) is 16.4. The van der Waals surface area contributed by atoms with Crippen LogP contribution in [0.25, 0.3) is 11.4 Å². The second-order valence-corrected chi connectivity index (χ2v) is 7.23. The molecule has 1 N–H and O–H groups in total. The van der Waals surface area contributed by atoms with Crippen molar-refractivity contribution < 1.29 is 0 Å². The number of benzene rings is 1. The van der Waals surface area contributed by atoms with Gasteiger partial charge in [-0.1, -0.05) is 24.6 Å². The minimum absolute atomic E-state index is 0.910. The van der Waals surface area contributed by atoms with Crippen LogP contribution in [0.2, 0.25) is 0 Å². The predicted molar refractivity (Wildman–Crippen MR) is 112 cm³/mol. The lowest BCUT2D eigenvalue weighted by Crippen LogP contribution is -2.46. The molecular weight excluding hydrogens is 334 g/mol. The Balaban J connectivity index is 1.42. The topological polar surface area (TPSA) is 48.1 Å². The highest BCUT2D eigenvalue weighted by atomic mass is 15.3. The van der Waals surface area contributed by atoms with Crippen molar-refractivity contribution in [2.24, 2.45) is 0 Å². The monoisotopic (exact) mass is 361 g/mol. The number of aromatic amines is 1. The molecule has 0 bridgehead atoms. The van der Waals surface area contributed by atoms with Gasteiger partial charge in [0, 0.05) is 49.3 Å². The molecule has 4 rings (SSSR count). The summed E-state index contributed by atoms with van der Waals surface area (Å²) in [4.78, 5) is 17.5. The van der Waals surface area contributed by atoms with Crippen molar-refractivity contribution in [2.45, 2.75) is 27.2 Å². The standard InChI is InChI=1S/C22H27N5/c1-4-20-17(3)24-22(25-20)18-7-10-21(23-15-18)27-13-11-26(12-14-27)19-8-5-16(2)6-9-19/h5-10,15H,4,11-14H2,1-3H3,(H,24,25). The van der Waals surface area contributed by atoms with Crippen molar-refractivity contribution in [3.8, 4) is 11.4 Å². The van der Waals surface area contributed by atoms with Gasteiger partial charge in [0.1, 0.15) is 11.6 Å². The van der Waals surface area contributed by atoms with Crippen LogP contribution in [0, 0.1) is 13.8 Å². The molecule has 0 atom stereocenters. The highest BCUT2D eigenvalue weighted by Gasteiger charge is 2.18. The van der Waals surface area contributed by atoms with Gasteiger partial charge >= 0.3 is 0 Å². The van der Waals surface area contributed by atoms with Crippen LogP contribution in [-0.2, 0) is 6.42 Å². The lowest BCUT2D eigenvalue weighted by molar-refractivity contribution is 0.647. The summed E-state index contributed by atoms with van der Waals surface area (Å²) in [6, 6.07) is 13.0. The van der Waals surface area contributed by atoms with E-state index < -0.39 is 0 Å². The molecule has 5 heteroatoms. The highest BCUT2D eigenvalue weighted by Crippen LogP contribution is 2.23. The van der Waals surface area contributed by atoms with Crippen LogP contribution in [0.1, 0.15) is 23.9 Å². The number of imidazole rings is 1. The molecule has 1 aliphatic heterocycles. The van der Waals surface area contributed by atoms with Crippen molar-refractivity contribution >= 4 is 11.5 Å². The largest absolute Gasteiger partial charge is 0.368 e. The second-order valence-electron chi connectivity index (χ2n) is 7.23. The molecule has 0 unspecified atom stereocenters. The van der Waals surface area contributed by atoms with E-state index in [1.54, 1.807) is 0 Å². The fraction of sp³-hybridized carbons (Fsp3) is 0.364. The van der Waals surface area contributed by atoms with E-state index in [2.05, 4.69) is 76.9 Å². The Morgan fingerprint density at radius 2 is 1.63 bits per heavy atom. The number of rotatable bonds is 4. The van der Waals surface area contributed by atoms with Gasteiger partial charge < -0.3 is 14.8 Å². The zero-order chi connectivity index (χ0) is 18.8. The number of aryl methyl sites for hydroxylation is 3. The fourth-order valence-electron chi connectivity index (χ4n) is 3.64. The van der Waals surface area contributed by atoms with Crippen LogP contribution < -0.4 is 9.80 Å². The van der Waals surface area contributed by atoms with Gasteiger partial charge in [-0.15, -0.1) is 0 Å². The molecule has 0 radical (unpaired) electrons. The van der Waals surface area contributed by atoms with Gasteiger partial charge in [-0.3, -0.25) is 0 Å². The van der Waals surface area contributed by atoms with Gasteiger partial charge in [0.05, 0.1) is 5.69 Å². The summed E-state index contributed by atoms with van der Waals surface area (Å²) in [5, 5.41) is 0. The number of anilines is 2. The average Bonchev–Trinajstić information content (AvgIpc) is 3.10. The number of piperazine rings is 1. The maximum Gasteiger partial charge on any atom is 0.139 e. The van der Waals surface area contributed by atoms with E-state index >= 15 is 0 Å². The van der Waals surface area contributed by atoms with Gasteiger partial charge in [0.2, 0.25) is 0 Å². The first-order valence-electron chi connectivity index (χ1n) is 9.72. The fourth-order valence-corrected chi connectivity index (χ4v) is 3.64. The Kier molecular flexibility index (Phi) is 4.84. The highest BCUT2D eigenvalue weighted by molar-refractivity contribution is 5.58. The normalized spacial score (nSPS) is 14.6. The molecule has 0 amide bonds. The van der Waals surface area contributed by atoms with Gasteiger partial charge in [-0.2, -0.15) is 0 Å².